The molecule has 0 saturated heterocycles. The maximum absolute atomic E-state index is 14.2. The van der Waals surface area contributed by atoms with Gasteiger partial charge >= 0.3 is 5.97 Å². The maximum atomic E-state index is 14.2. The largest absolute Gasteiger partial charge is 0.543 e. The fraction of sp³-hybridized carbons (Fsp3) is 0.457. The lowest BCUT2D eigenvalue weighted by molar-refractivity contribution is -0.115. The minimum Gasteiger partial charge on any atom is -0.543 e. The van der Waals surface area contributed by atoms with E-state index < -0.39 is 34.8 Å². The predicted octanol–water partition coefficient (Wildman–Crippen LogP) is 8.33. The van der Waals surface area contributed by atoms with Gasteiger partial charge in [-0.2, -0.15) is 0 Å². The monoisotopic (exact) mass is 652 g/mol. The fourth-order valence-corrected chi connectivity index (χ4v) is 5.99. The highest BCUT2D eigenvalue weighted by atomic mass is 28.4. The van der Waals surface area contributed by atoms with Gasteiger partial charge in [0.05, 0.1) is 6.21 Å². The van der Waals surface area contributed by atoms with Gasteiger partial charge in [-0.1, -0.05) is 101 Å². The van der Waals surface area contributed by atoms with Crippen molar-refractivity contribution in [3.63, 3.8) is 0 Å². The molecule has 8 nitrogen and oxygen atoms in total. The van der Waals surface area contributed by atoms with Crippen LogP contribution in [0.1, 0.15) is 63.9 Å². The van der Waals surface area contributed by atoms with Gasteiger partial charge in [-0.15, -0.1) is 0 Å². The predicted molar refractivity (Wildman–Crippen MR) is 189 cm³/mol. The van der Waals surface area contributed by atoms with Gasteiger partial charge in [0.1, 0.15) is 30.6 Å². The molecule has 246 valence electrons. The van der Waals surface area contributed by atoms with Crippen LogP contribution in [-0.4, -0.2) is 54.0 Å². The molecule has 2 atom stereocenters. The van der Waals surface area contributed by atoms with E-state index in [2.05, 4.69) is 83.0 Å². The standard InChI is InChI=1S/C35H52N2O6Si2/c1-34(2,3)44(8,9)42-29-21-15-13-12-14-19-27-20-16-22-30(43-45(10,11)35(4,5)6)32(27)33(39)41-28(29)23-17-25-36-31(38)24-18-26-37-40-7/h12-22,24-26,28-29H,23H2,1-11H3,(H,36,38)/b13-12-,19-14+,21-15-,24-18-,25-17-,37-26+/t28-,29-/m0/s1. The summed E-state index contributed by atoms with van der Waals surface area (Å²) in [6.45, 7) is 21.7. The van der Waals surface area contributed by atoms with Crippen molar-refractivity contribution < 1.29 is 28.0 Å². The lowest BCUT2D eigenvalue weighted by atomic mass is 10.0. The highest BCUT2D eigenvalue weighted by Gasteiger charge is 2.42. The van der Waals surface area contributed by atoms with Gasteiger partial charge in [-0.25, -0.2) is 4.79 Å². The molecule has 0 spiro atoms. The van der Waals surface area contributed by atoms with Crippen molar-refractivity contribution in [2.75, 3.05) is 7.11 Å². The molecule has 0 bridgehead atoms. The third kappa shape index (κ3) is 11.4. The molecule has 0 saturated carbocycles. The molecular formula is C35H52N2O6Si2. The highest BCUT2D eigenvalue weighted by molar-refractivity contribution is 6.75. The van der Waals surface area contributed by atoms with Crippen LogP contribution < -0.4 is 9.74 Å². The normalized spacial score (nSPS) is 20.6. The number of fused-ring (bicyclic) bond motifs is 1. The highest BCUT2D eigenvalue weighted by Crippen LogP contribution is 2.40. The summed E-state index contributed by atoms with van der Waals surface area (Å²) in [6, 6.07) is 5.63. The fourth-order valence-electron chi connectivity index (χ4n) is 3.70. The van der Waals surface area contributed by atoms with E-state index >= 15 is 0 Å². The van der Waals surface area contributed by atoms with Crippen molar-refractivity contribution in [1.82, 2.24) is 5.32 Å². The summed E-state index contributed by atoms with van der Waals surface area (Å²) in [7, 11) is -3.16. The molecule has 1 amide bonds. The minimum atomic E-state index is -2.29. The first-order valence-corrected chi connectivity index (χ1v) is 21.1. The molecule has 0 aliphatic carbocycles. The Morgan fingerprint density at radius 1 is 1.00 bits per heavy atom. The summed E-state index contributed by atoms with van der Waals surface area (Å²) in [5, 5.41) is 6.12. The number of hydrogen-bond acceptors (Lipinski definition) is 7. The van der Waals surface area contributed by atoms with E-state index in [1.54, 1.807) is 12.3 Å². The van der Waals surface area contributed by atoms with Gasteiger partial charge in [-0.05, 0) is 54.0 Å². The van der Waals surface area contributed by atoms with E-state index in [1.807, 2.05) is 54.7 Å². The van der Waals surface area contributed by atoms with Crippen molar-refractivity contribution in [2.45, 2.75) is 96.4 Å². The number of hydrogen-bond donors (Lipinski definition) is 1. The molecule has 0 unspecified atom stereocenters. The molecule has 45 heavy (non-hydrogen) atoms. The minimum absolute atomic E-state index is 0.0694. The van der Waals surface area contributed by atoms with Crippen molar-refractivity contribution >= 4 is 40.8 Å². The second-order valence-electron chi connectivity index (χ2n) is 13.9. The molecule has 2 rings (SSSR count). The number of rotatable bonds is 10. The summed E-state index contributed by atoms with van der Waals surface area (Å²) in [5.74, 6) is -0.317. The van der Waals surface area contributed by atoms with Gasteiger partial charge in [0.25, 0.3) is 8.32 Å². The molecular weight excluding hydrogens is 601 g/mol. The van der Waals surface area contributed by atoms with E-state index in [0.29, 0.717) is 23.3 Å². The molecule has 1 aliphatic heterocycles. The van der Waals surface area contributed by atoms with Gasteiger partial charge in [0.15, 0.2) is 8.32 Å². The Balaban J connectivity index is 2.55. The quantitative estimate of drug-likeness (QED) is 0.0898. The second kappa shape index (κ2) is 16.2. The Bertz CT molecular complexity index is 1340. The van der Waals surface area contributed by atoms with E-state index in [-0.39, 0.29) is 16.0 Å². The average Bonchev–Trinajstić information content (AvgIpc) is 2.91. The number of carbonyl (C=O) groups is 2. The van der Waals surface area contributed by atoms with Crippen molar-refractivity contribution in [3.8, 4) is 5.75 Å². The summed E-state index contributed by atoms with van der Waals surface area (Å²) >= 11 is 0. The third-order valence-corrected chi connectivity index (χ3v) is 17.2. The van der Waals surface area contributed by atoms with Crippen LogP contribution in [0.25, 0.3) is 6.08 Å². The molecule has 0 fully saturated rings. The van der Waals surface area contributed by atoms with E-state index in [1.165, 1.54) is 25.5 Å². The van der Waals surface area contributed by atoms with E-state index in [4.69, 9.17) is 13.6 Å². The average molecular weight is 653 g/mol. The number of nitrogens with zero attached hydrogens (tertiary/aromatic N) is 1. The smallest absolute Gasteiger partial charge is 0.342 e. The lowest BCUT2D eigenvalue weighted by Crippen LogP contribution is -2.47. The number of cyclic esters (lactones) is 1. The Morgan fingerprint density at radius 2 is 1.67 bits per heavy atom. The number of carbonyl (C=O) groups excluding carboxylic acids is 2. The van der Waals surface area contributed by atoms with Crippen LogP contribution in [0.4, 0.5) is 0 Å². The van der Waals surface area contributed by atoms with Gasteiger partial charge in [-0.3, -0.25) is 4.79 Å². The number of benzene rings is 1. The molecule has 1 heterocycles. The first-order valence-electron chi connectivity index (χ1n) is 15.3. The number of esters is 1. The Hall–Kier alpha value is -3.48. The zero-order valence-electron chi connectivity index (χ0n) is 28.8. The Morgan fingerprint density at radius 3 is 2.31 bits per heavy atom. The number of amides is 1. The third-order valence-electron chi connectivity index (χ3n) is 8.42. The summed E-state index contributed by atoms with van der Waals surface area (Å²) in [6.07, 6.45) is 18.0. The van der Waals surface area contributed by atoms with Crippen molar-refractivity contribution in [3.05, 3.63) is 84.1 Å². The summed E-state index contributed by atoms with van der Waals surface area (Å²) in [5.41, 5.74) is 1.09. The van der Waals surface area contributed by atoms with Crippen LogP contribution in [0.2, 0.25) is 36.3 Å². The van der Waals surface area contributed by atoms with Gasteiger partial charge < -0.3 is 23.7 Å². The molecule has 0 aromatic heterocycles. The first kappa shape index (κ1) is 37.7. The molecule has 1 N–H and O–H groups in total. The lowest BCUT2D eigenvalue weighted by Gasteiger charge is -2.40. The summed E-state index contributed by atoms with van der Waals surface area (Å²) < 4.78 is 19.9. The number of allylic oxidation sites excluding steroid dienone is 5. The van der Waals surface area contributed by atoms with E-state index in [9.17, 15) is 9.59 Å². The molecule has 0 radical (unpaired) electrons. The molecule has 10 heteroatoms. The molecule has 1 aromatic carbocycles. The van der Waals surface area contributed by atoms with Crippen LogP contribution in [0.5, 0.6) is 5.75 Å². The van der Waals surface area contributed by atoms with Crippen LogP contribution >= 0.6 is 0 Å². The van der Waals surface area contributed by atoms with Gasteiger partial charge in [0, 0.05) is 18.7 Å². The second-order valence-corrected chi connectivity index (χ2v) is 23.4. The van der Waals surface area contributed by atoms with Crippen molar-refractivity contribution in [2.24, 2.45) is 5.16 Å². The SMILES string of the molecule is CO/N=C/C=C\C(=O)N/C=C\C[C@@H]1OC(=O)c2c(cccc2O[Si](C)(C)C(C)(C)C)/C=C/C=C\C=C/[C@@H]1O[Si](C)(C)C(C)(C)C. The van der Waals surface area contributed by atoms with E-state index in [0.717, 1.165) is 0 Å². The van der Waals surface area contributed by atoms with Crippen LogP contribution in [0, 0.1) is 0 Å². The first-order chi connectivity index (χ1) is 20.9. The Kier molecular flexibility index (Phi) is 13.6. The number of nitrogens with one attached hydrogen (secondary N) is 1. The zero-order chi connectivity index (χ0) is 33.9. The van der Waals surface area contributed by atoms with Crippen molar-refractivity contribution in [1.29, 1.82) is 0 Å². The zero-order valence-corrected chi connectivity index (χ0v) is 30.8. The molecule has 1 aliphatic rings. The van der Waals surface area contributed by atoms with Gasteiger partial charge in [0.2, 0.25) is 5.91 Å². The molecule has 1 aromatic rings. The summed E-state index contributed by atoms with van der Waals surface area (Å²) in [4.78, 5) is 31.0. The Labute approximate surface area is 272 Å². The number of oxime groups is 1. The van der Waals surface area contributed by atoms with Crippen LogP contribution in [-0.2, 0) is 18.8 Å². The topological polar surface area (TPSA) is 95.5 Å². The number of ether oxygens (including phenoxy) is 1. The van der Waals surface area contributed by atoms with Crippen LogP contribution in [0.3, 0.4) is 0 Å². The maximum Gasteiger partial charge on any atom is 0.342 e. The van der Waals surface area contributed by atoms with Crippen LogP contribution in [0.15, 0.2) is 78.2 Å².